The highest BCUT2D eigenvalue weighted by Crippen LogP contribution is 2.84. The summed E-state index contributed by atoms with van der Waals surface area (Å²) in [7, 11) is 0. The van der Waals surface area contributed by atoms with E-state index < -0.39 is 93.2 Å². The number of esters is 4. The molecule has 4 aliphatic heterocycles. The molecule has 0 amide bonds. The zero-order valence-electron chi connectivity index (χ0n) is 24.3. The van der Waals surface area contributed by atoms with Gasteiger partial charge in [-0.2, -0.15) is 0 Å². The zero-order chi connectivity index (χ0) is 30.3. The van der Waals surface area contributed by atoms with Crippen LogP contribution in [0, 0.1) is 28.1 Å². The van der Waals surface area contributed by atoms with Gasteiger partial charge in [0.2, 0.25) is 11.4 Å². The number of cyclic esters (lactones) is 2. The molecule has 12 nitrogen and oxygen atoms in total. The van der Waals surface area contributed by atoms with E-state index in [2.05, 4.69) is 0 Å². The number of hydrogen-bond donors (Lipinski definition) is 2. The number of ether oxygens (including phenoxy) is 5. The maximum absolute atomic E-state index is 13.3. The van der Waals surface area contributed by atoms with Crippen molar-refractivity contribution in [3.63, 3.8) is 0 Å². The molecule has 12 heteroatoms. The minimum Gasteiger partial charge on any atom is -0.472 e. The second-order valence-electron chi connectivity index (χ2n) is 14.0. The molecule has 2 saturated carbocycles. The molecule has 4 saturated heterocycles. The molecular weight excluding hydrogens is 552 g/mol. The lowest BCUT2D eigenvalue weighted by Gasteiger charge is -2.71. The number of rotatable bonds is 3. The van der Waals surface area contributed by atoms with Crippen LogP contribution in [0.2, 0.25) is 0 Å². The van der Waals surface area contributed by atoms with Crippen LogP contribution in [0.5, 0.6) is 0 Å². The molecule has 0 radical (unpaired) electrons. The van der Waals surface area contributed by atoms with Gasteiger partial charge in [0.15, 0.2) is 6.10 Å². The average molecular weight is 589 g/mol. The SMILES string of the molecule is CC(=O)O[C@@H]1C(C)(C)[C@@H]2CC(=O)OC[C@@]23[C@H]2CC[C@@]4(C)[C@H](c5ccoc5)OC(=O)C[C@@]4(O)[C@@]24C[C@]1(OC(C)=O)[C@]3(O)O4. The Kier molecular flexibility index (Phi) is 5.27. The van der Waals surface area contributed by atoms with Crippen molar-refractivity contribution in [3.05, 3.63) is 24.2 Å². The van der Waals surface area contributed by atoms with E-state index in [4.69, 9.17) is 28.1 Å². The van der Waals surface area contributed by atoms with Crippen LogP contribution in [0.25, 0.3) is 0 Å². The Bertz CT molecular complexity index is 1400. The largest absolute Gasteiger partial charge is 0.472 e. The smallest absolute Gasteiger partial charge is 0.309 e. The molecule has 6 aliphatic rings. The summed E-state index contributed by atoms with van der Waals surface area (Å²) in [4.78, 5) is 51.6. The van der Waals surface area contributed by atoms with Crippen molar-refractivity contribution >= 4 is 23.9 Å². The van der Waals surface area contributed by atoms with E-state index in [0.717, 1.165) is 0 Å². The summed E-state index contributed by atoms with van der Waals surface area (Å²) in [6, 6.07) is 1.67. The summed E-state index contributed by atoms with van der Waals surface area (Å²) in [5.74, 6) is -6.22. The van der Waals surface area contributed by atoms with Crippen LogP contribution in [0.4, 0.5) is 0 Å². The second kappa shape index (κ2) is 7.95. The van der Waals surface area contributed by atoms with Gasteiger partial charge in [-0.3, -0.25) is 19.2 Å². The van der Waals surface area contributed by atoms with E-state index in [1.807, 2.05) is 20.8 Å². The minimum atomic E-state index is -2.34. The van der Waals surface area contributed by atoms with Crippen LogP contribution >= 0.6 is 0 Å². The molecule has 7 rings (SSSR count). The predicted molar refractivity (Wildman–Crippen MR) is 137 cm³/mol. The van der Waals surface area contributed by atoms with Crippen molar-refractivity contribution in [1.82, 2.24) is 0 Å². The minimum absolute atomic E-state index is 0.117. The zero-order valence-corrected chi connectivity index (χ0v) is 24.3. The number of carbonyl (C=O) groups excluding carboxylic acids is 4. The molecule has 0 unspecified atom stereocenters. The first-order valence-corrected chi connectivity index (χ1v) is 14.4. The number of hydrogen-bond acceptors (Lipinski definition) is 12. The topological polar surface area (TPSA) is 168 Å². The van der Waals surface area contributed by atoms with Crippen molar-refractivity contribution in [2.75, 3.05) is 6.61 Å². The van der Waals surface area contributed by atoms with E-state index in [1.54, 1.807) is 6.07 Å². The lowest BCUT2D eigenvalue weighted by Crippen LogP contribution is -2.84. The number of fused-ring (bicyclic) bond motifs is 1. The van der Waals surface area contributed by atoms with Crippen molar-refractivity contribution in [1.29, 1.82) is 0 Å². The van der Waals surface area contributed by atoms with Crippen molar-refractivity contribution in [3.8, 4) is 0 Å². The molecule has 2 bridgehead atoms. The summed E-state index contributed by atoms with van der Waals surface area (Å²) >= 11 is 0. The van der Waals surface area contributed by atoms with Gasteiger partial charge in [-0.15, -0.1) is 0 Å². The fourth-order valence-electron chi connectivity index (χ4n) is 10.6. The second-order valence-corrected chi connectivity index (χ2v) is 14.0. The lowest BCUT2D eigenvalue weighted by atomic mass is 9.34. The van der Waals surface area contributed by atoms with Gasteiger partial charge in [-0.1, -0.05) is 20.8 Å². The van der Waals surface area contributed by atoms with Gasteiger partial charge in [-0.25, -0.2) is 0 Å². The summed E-state index contributed by atoms with van der Waals surface area (Å²) in [6.45, 7) is 7.60. The van der Waals surface area contributed by atoms with Gasteiger partial charge in [0, 0.05) is 49.0 Å². The highest BCUT2D eigenvalue weighted by Gasteiger charge is 2.97. The summed E-state index contributed by atoms with van der Waals surface area (Å²) in [6.07, 6.45) is 0.690. The van der Waals surface area contributed by atoms with Crippen LogP contribution in [0.1, 0.15) is 78.4 Å². The highest BCUT2D eigenvalue weighted by atomic mass is 16.7. The van der Waals surface area contributed by atoms with E-state index in [0.29, 0.717) is 18.4 Å². The number of carbonyl (C=O) groups is 4. The molecule has 2 aliphatic carbocycles. The van der Waals surface area contributed by atoms with Crippen LogP contribution < -0.4 is 0 Å². The third-order valence-electron chi connectivity index (χ3n) is 12.0. The van der Waals surface area contributed by atoms with Crippen LogP contribution in [0.3, 0.4) is 0 Å². The Morgan fingerprint density at radius 2 is 1.79 bits per heavy atom. The van der Waals surface area contributed by atoms with Crippen LogP contribution in [-0.2, 0) is 42.9 Å². The highest BCUT2D eigenvalue weighted by molar-refractivity contribution is 5.75. The molecule has 0 aromatic carbocycles. The van der Waals surface area contributed by atoms with Crippen molar-refractivity contribution in [2.24, 2.45) is 28.1 Å². The molecule has 228 valence electrons. The van der Waals surface area contributed by atoms with E-state index in [9.17, 15) is 29.4 Å². The Labute approximate surface area is 241 Å². The third kappa shape index (κ3) is 2.76. The first-order chi connectivity index (χ1) is 19.5. The molecule has 10 atom stereocenters. The van der Waals surface area contributed by atoms with Gasteiger partial charge in [0.25, 0.3) is 0 Å². The molecule has 6 fully saturated rings. The van der Waals surface area contributed by atoms with E-state index >= 15 is 0 Å². The predicted octanol–water partition coefficient (Wildman–Crippen LogP) is 2.10. The molecule has 2 spiro atoms. The van der Waals surface area contributed by atoms with Crippen LogP contribution in [0.15, 0.2) is 23.0 Å². The Morgan fingerprint density at radius 1 is 1.05 bits per heavy atom. The normalized spacial score (nSPS) is 49.6. The molecule has 1 aromatic heterocycles. The Hall–Kier alpha value is -2.96. The quantitative estimate of drug-likeness (QED) is 0.390. The first kappa shape index (κ1) is 27.8. The van der Waals surface area contributed by atoms with Gasteiger partial charge in [0.05, 0.1) is 24.4 Å². The maximum Gasteiger partial charge on any atom is 0.309 e. The Balaban J connectivity index is 1.51. The third-order valence-corrected chi connectivity index (χ3v) is 12.0. The summed E-state index contributed by atoms with van der Waals surface area (Å²) in [5, 5.41) is 26.1. The fourth-order valence-corrected chi connectivity index (χ4v) is 10.6. The van der Waals surface area contributed by atoms with Crippen LogP contribution in [-0.4, -0.2) is 69.4 Å². The maximum atomic E-state index is 13.3. The molecule has 1 aromatic rings. The average Bonchev–Trinajstić information content (AvgIpc) is 3.55. The van der Waals surface area contributed by atoms with Gasteiger partial charge >= 0.3 is 23.9 Å². The van der Waals surface area contributed by atoms with E-state index in [1.165, 1.54) is 26.4 Å². The first-order valence-electron chi connectivity index (χ1n) is 14.4. The monoisotopic (exact) mass is 588 g/mol. The van der Waals surface area contributed by atoms with Crippen molar-refractivity contribution in [2.45, 2.75) is 102 Å². The lowest BCUT2D eigenvalue weighted by molar-refractivity contribution is -0.388. The fraction of sp³-hybridized carbons (Fsp3) is 0.733. The van der Waals surface area contributed by atoms with Crippen molar-refractivity contribution < 1.29 is 57.5 Å². The molecular formula is C30H36O12. The molecule has 42 heavy (non-hydrogen) atoms. The summed E-state index contributed by atoms with van der Waals surface area (Å²) < 4.78 is 35.6. The van der Waals surface area contributed by atoms with Gasteiger partial charge in [0.1, 0.15) is 23.9 Å². The summed E-state index contributed by atoms with van der Waals surface area (Å²) in [5.41, 5.74) is -8.57. The molecule has 2 N–H and O–H groups in total. The molecule has 5 heterocycles. The number of aliphatic hydroxyl groups is 2. The van der Waals surface area contributed by atoms with Gasteiger partial charge in [-0.05, 0) is 24.8 Å². The number of furan rings is 1. The Morgan fingerprint density at radius 3 is 2.43 bits per heavy atom. The standard InChI is InChI=1S/C30H36O12/c1-15(31)39-23-24(3,4)19-10-20(33)38-14-26(19)18-6-8-25(5)22(17-7-9-37-12-17)40-21(34)11-29(25,35)27(18)13-28(23,41-16(2)32)30(26,36)42-27/h7,9,12,18-19,22-23,35-36H,6,8,10-11,13-14H2,1-5H3/t18-,19+,22+,23-,25+,26-,27-,28-,29+,30-/m1/s1. The van der Waals surface area contributed by atoms with Gasteiger partial charge < -0.3 is 38.3 Å². The van der Waals surface area contributed by atoms with E-state index in [-0.39, 0.29) is 19.4 Å².